The molecular weight excluding hydrogens is 338 g/mol. The average Bonchev–Trinajstić information content (AvgIpc) is 2.40. The number of benzene rings is 2. The van der Waals surface area contributed by atoms with E-state index in [1.165, 1.54) is 0 Å². The topological polar surface area (TPSA) is 21.3 Å². The van der Waals surface area contributed by atoms with Crippen LogP contribution in [0.4, 0.5) is 0 Å². The fourth-order valence-corrected chi connectivity index (χ4v) is 2.19. The minimum Gasteiger partial charge on any atom is -0.457 e. The summed E-state index contributed by atoms with van der Waals surface area (Å²) >= 11 is 9.67. The van der Waals surface area contributed by atoms with Crippen LogP contribution in [0, 0.1) is 0 Å². The zero-order chi connectivity index (χ0) is 14.5. The lowest BCUT2D eigenvalue weighted by Gasteiger charge is -2.11. The minimum atomic E-state index is 0.435. The summed E-state index contributed by atoms with van der Waals surface area (Å²) in [5.74, 6) is 1.53. The number of hydrogen-bond acceptors (Lipinski definition) is 2. The van der Waals surface area contributed by atoms with Crippen molar-refractivity contribution in [1.29, 1.82) is 0 Å². The molecule has 0 unspecified atom stereocenters. The Labute approximate surface area is 133 Å². The monoisotopic (exact) mass is 353 g/mol. The van der Waals surface area contributed by atoms with Crippen molar-refractivity contribution in [3.8, 4) is 11.5 Å². The first-order valence-electron chi connectivity index (χ1n) is 6.50. The van der Waals surface area contributed by atoms with Crippen LogP contribution >= 0.6 is 27.5 Å². The molecule has 0 saturated heterocycles. The third-order valence-corrected chi connectivity index (χ3v) is 3.66. The van der Waals surface area contributed by atoms with Gasteiger partial charge in [0.1, 0.15) is 11.5 Å². The second-order valence-corrected chi connectivity index (χ2v) is 6.17. The van der Waals surface area contributed by atoms with Gasteiger partial charge in [-0.1, -0.05) is 47.4 Å². The van der Waals surface area contributed by atoms with E-state index in [2.05, 4.69) is 35.1 Å². The molecule has 0 heterocycles. The summed E-state index contributed by atoms with van der Waals surface area (Å²) in [4.78, 5) is 0. The quantitative estimate of drug-likeness (QED) is 0.777. The summed E-state index contributed by atoms with van der Waals surface area (Å²) in [7, 11) is 0. The van der Waals surface area contributed by atoms with Gasteiger partial charge >= 0.3 is 0 Å². The lowest BCUT2D eigenvalue weighted by atomic mass is 10.2. The second-order valence-electron chi connectivity index (χ2n) is 4.84. The van der Waals surface area contributed by atoms with E-state index in [1.54, 1.807) is 0 Å². The molecule has 0 aliphatic heterocycles. The van der Waals surface area contributed by atoms with Gasteiger partial charge in [0.05, 0.1) is 0 Å². The maximum Gasteiger partial charge on any atom is 0.128 e. The van der Waals surface area contributed by atoms with Gasteiger partial charge in [-0.15, -0.1) is 0 Å². The van der Waals surface area contributed by atoms with Gasteiger partial charge in [-0.25, -0.2) is 0 Å². The summed E-state index contributed by atoms with van der Waals surface area (Å²) in [6.07, 6.45) is 0. The molecule has 0 bridgehead atoms. The largest absolute Gasteiger partial charge is 0.457 e. The SMILES string of the molecule is CC(C)NCc1ccc(Oc2ccc(Br)cc2)cc1Cl. The highest BCUT2D eigenvalue weighted by atomic mass is 79.9. The predicted molar refractivity (Wildman–Crippen MR) is 87.6 cm³/mol. The molecule has 2 nitrogen and oxygen atoms in total. The molecule has 4 heteroatoms. The van der Waals surface area contributed by atoms with Gasteiger partial charge in [0, 0.05) is 22.1 Å². The smallest absolute Gasteiger partial charge is 0.128 e. The van der Waals surface area contributed by atoms with Gasteiger partial charge < -0.3 is 10.1 Å². The Balaban J connectivity index is 2.06. The second kappa shape index (κ2) is 7.11. The third-order valence-electron chi connectivity index (χ3n) is 2.77. The Hall–Kier alpha value is -1.03. The number of halogens is 2. The predicted octanol–water partition coefficient (Wildman–Crippen LogP) is 5.39. The Kier molecular flexibility index (Phi) is 5.46. The molecule has 0 saturated carbocycles. The van der Waals surface area contributed by atoms with Crippen molar-refractivity contribution in [3.05, 3.63) is 57.5 Å². The zero-order valence-electron chi connectivity index (χ0n) is 11.5. The molecule has 1 N–H and O–H groups in total. The third kappa shape index (κ3) is 4.51. The molecule has 106 valence electrons. The van der Waals surface area contributed by atoms with E-state index in [1.807, 2.05) is 42.5 Å². The van der Waals surface area contributed by atoms with Gasteiger partial charge in [-0.3, -0.25) is 0 Å². The molecule has 0 aliphatic rings. The normalized spacial score (nSPS) is 10.8. The van der Waals surface area contributed by atoms with Crippen LogP contribution in [-0.4, -0.2) is 6.04 Å². The molecule has 2 aromatic carbocycles. The molecule has 0 radical (unpaired) electrons. The van der Waals surface area contributed by atoms with Crippen LogP contribution in [-0.2, 0) is 6.54 Å². The standard InChI is InChI=1S/C16H17BrClNO/c1-11(2)19-10-12-3-6-15(9-16(12)18)20-14-7-4-13(17)5-8-14/h3-9,11,19H,10H2,1-2H3. The van der Waals surface area contributed by atoms with E-state index in [9.17, 15) is 0 Å². The first-order chi connectivity index (χ1) is 9.54. The lowest BCUT2D eigenvalue weighted by Crippen LogP contribution is -2.21. The highest BCUT2D eigenvalue weighted by Gasteiger charge is 2.04. The summed E-state index contributed by atoms with van der Waals surface area (Å²) in [6, 6.07) is 13.9. The van der Waals surface area contributed by atoms with Crippen molar-refractivity contribution in [2.24, 2.45) is 0 Å². The first-order valence-corrected chi connectivity index (χ1v) is 7.67. The van der Waals surface area contributed by atoms with E-state index >= 15 is 0 Å². The molecular formula is C16H17BrClNO. The van der Waals surface area contributed by atoms with Gasteiger partial charge in [0.2, 0.25) is 0 Å². The Morgan fingerprint density at radius 2 is 1.75 bits per heavy atom. The van der Waals surface area contributed by atoms with Crippen molar-refractivity contribution >= 4 is 27.5 Å². The molecule has 2 rings (SSSR count). The van der Waals surface area contributed by atoms with E-state index in [-0.39, 0.29) is 0 Å². The van der Waals surface area contributed by atoms with Crippen LogP contribution in [0.5, 0.6) is 11.5 Å². The van der Waals surface area contributed by atoms with E-state index < -0.39 is 0 Å². The molecule has 0 aromatic heterocycles. The Bertz CT molecular complexity index is 569. The Morgan fingerprint density at radius 3 is 2.35 bits per heavy atom. The summed E-state index contributed by atoms with van der Waals surface area (Å²) in [5.41, 5.74) is 1.07. The van der Waals surface area contributed by atoms with Crippen molar-refractivity contribution < 1.29 is 4.74 Å². The number of nitrogens with one attached hydrogen (secondary N) is 1. The van der Waals surface area contributed by atoms with Crippen LogP contribution in [0.15, 0.2) is 46.9 Å². The maximum atomic E-state index is 6.28. The van der Waals surface area contributed by atoms with Gasteiger partial charge in [0.25, 0.3) is 0 Å². The molecule has 20 heavy (non-hydrogen) atoms. The van der Waals surface area contributed by atoms with Gasteiger partial charge in [0.15, 0.2) is 0 Å². The summed E-state index contributed by atoms with van der Waals surface area (Å²) in [6.45, 7) is 4.98. The average molecular weight is 355 g/mol. The molecule has 0 fully saturated rings. The highest BCUT2D eigenvalue weighted by molar-refractivity contribution is 9.10. The van der Waals surface area contributed by atoms with Crippen molar-refractivity contribution in [1.82, 2.24) is 5.32 Å². The van der Waals surface area contributed by atoms with Gasteiger partial charge in [-0.2, -0.15) is 0 Å². The Morgan fingerprint density at radius 1 is 1.10 bits per heavy atom. The lowest BCUT2D eigenvalue weighted by molar-refractivity contribution is 0.482. The van der Waals surface area contributed by atoms with E-state index in [0.29, 0.717) is 11.1 Å². The van der Waals surface area contributed by atoms with Gasteiger partial charge in [-0.05, 0) is 42.0 Å². The van der Waals surface area contributed by atoms with Crippen LogP contribution in [0.2, 0.25) is 5.02 Å². The van der Waals surface area contributed by atoms with Crippen LogP contribution in [0.25, 0.3) is 0 Å². The maximum absolute atomic E-state index is 6.28. The number of ether oxygens (including phenoxy) is 1. The molecule has 0 aliphatic carbocycles. The molecule has 0 amide bonds. The highest BCUT2D eigenvalue weighted by Crippen LogP contribution is 2.27. The van der Waals surface area contributed by atoms with Crippen molar-refractivity contribution in [2.45, 2.75) is 26.4 Å². The van der Waals surface area contributed by atoms with Crippen molar-refractivity contribution in [2.75, 3.05) is 0 Å². The van der Waals surface area contributed by atoms with Crippen LogP contribution < -0.4 is 10.1 Å². The minimum absolute atomic E-state index is 0.435. The van der Waals surface area contributed by atoms with E-state index in [0.717, 1.165) is 28.1 Å². The van der Waals surface area contributed by atoms with Crippen LogP contribution in [0.1, 0.15) is 19.4 Å². The molecule has 2 aromatic rings. The molecule has 0 spiro atoms. The van der Waals surface area contributed by atoms with Crippen LogP contribution in [0.3, 0.4) is 0 Å². The fraction of sp³-hybridized carbons (Fsp3) is 0.250. The fourth-order valence-electron chi connectivity index (χ4n) is 1.69. The zero-order valence-corrected chi connectivity index (χ0v) is 13.8. The van der Waals surface area contributed by atoms with Crippen molar-refractivity contribution in [3.63, 3.8) is 0 Å². The summed E-state index contributed by atoms with van der Waals surface area (Å²) in [5, 5.41) is 4.06. The summed E-state index contributed by atoms with van der Waals surface area (Å²) < 4.78 is 6.79. The number of rotatable bonds is 5. The molecule has 0 atom stereocenters. The van der Waals surface area contributed by atoms with E-state index in [4.69, 9.17) is 16.3 Å². The first kappa shape index (κ1) is 15.4. The number of hydrogen-bond donors (Lipinski definition) is 1.